The minimum atomic E-state index is 0.275. The molecular weight excluding hydrogens is 368 g/mol. The lowest BCUT2D eigenvalue weighted by Crippen LogP contribution is -2.40. The number of piperidine rings is 1. The summed E-state index contributed by atoms with van der Waals surface area (Å²) in [6.45, 7) is 13.0. The summed E-state index contributed by atoms with van der Waals surface area (Å²) in [5, 5.41) is 7.02. The molecule has 2 saturated heterocycles. The fourth-order valence-corrected chi connectivity index (χ4v) is 4.68. The van der Waals surface area contributed by atoms with E-state index in [2.05, 4.69) is 54.2 Å². The zero-order valence-electron chi connectivity index (χ0n) is 17.9. The van der Waals surface area contributed by atoms with Crippen LogP contribution in [0.3, 0.4) is 0 Å². The molecule has 2 aliphatic heterocycles. The summed E-state index contributed by atoms with van der Waals surface area (Å²) >= 11 is 5.44. The Morgan fingerprint density at radius 3 is 2.14 bits per heavy atom. The number of hydrogen-bond acceptors (Lipinski definition) is 5. The second kappa shape index (κ2) is 9.72. The molecule has 1 aromatic rings. The molecule has 0 saturated carbocycles. The van der Waals surface area contributed by atoms with Crippen LogP contribution in [0, 0.1) is 11.8 Å². The van der Waals surface area contributed by atoms with Crippen LogP contribution in [0.15, 0.2) is 6.07 Å². The number of nitrogens with one attached hydrogen (secondary N) is 2. The van der Waals surface area contributed by atoms with E-state index in [0.717, 1.165) is 37.8 Å². The van der Waals surface area contributed by atoms with E-state index in [-0.39, 0.29) is 6.04 Å². The standard InChI is InChI=1S/C21H36N6S/c1-15(2)22-21(28)25-20-23-18(26-9-7-5-6-8-10-26)12-19(24-20)27-13-16(3)11-17(4)14-27/h12,15-17H,5-11,13-14H2,1-4H3,(H2,22,23,24,25,28)/t16-,17+. The van der Waals surface area contributed by atoms with Crippen LogP contribution < -0.4 is 20.4 Å². The van der Waals surface area contributed by atoms with Crippen LogP contribution in [0.5, 0.6) is 0 Å². The Bertz CT molecular complexity index is 646. The molecule has 0 unspecified atom stereocenters. The maximum Gasteiger partial charge on any atom is 0.232 e. The van der Waals surface area contributed by atoms with Crippen LogP contribution >= 0.6 is 12.2 Å². The molecule has 2 aliphatic rings. The molecule has 28 heavy (non-hydrogen) atoms. The molecule has 0 radical (unpaired) electrons. The van der Waals surface area contributed by atoms with E-state index < -0.39 is 0 Å². The predicted molar refractivity (Wildman–Crippen MR) is 122 cm³/mol. The van der Waals surface area contributed by atoms with Crippen molar-refractivity contribution < 1.29 is 0 Å². The van der Waals surface area contributed by atoms with Gasteiger partial charge >= 0.3 is 0 Å². The highest BCUT2D eigenvalue weighted by Crippen LogP contribution is 2.29. The van der Waals surface area contributed by atoms with E-state index in [9.17, 15) is 0 Å². The van der Waals surface area contributed by atoms with E-state index in [1.54, 1.807) is 0 Å². The molecule has 2 atom stereocenters. The Hall–Kier alpha value is -1.63. The zero-order valence-corrected chi connectivity index (χ0v) is 18.7. The van der Waals surface area contributed by atoms with Gasteiger partial charge < -0.3 is 20.4 Å². The number of thiocarbonyl (C=S) groups is 1. The van der Waals surface area contributed by atoms with E-state index in [4.69, 9.17) is 22.2 Å². The Balaban J connectivity index is 1.87. The molecule has 0 aromatic carbocycles. The third kappa shape index (κ3) is 5.93. The Kier molecular flexibility index (Phi) is 7.32. The second-order valence-corrected chi connectivity index (χ2v) is 9.32. The Morgan fingerprint density at radius 2 is 1.57 bits per heavy atom. The Labute approximate surface area is 175 Å². The van der Waals surface area contributed by atoms with Gasteiger partial charge in [0.2, 0.25) is 5.95 Å². The second-order valence-electron chi connectivity index (χ2n) is 8.91. The highest BCUT2D eigenvalue weighted by Gasteiger charge is 2.24. The first-order valence-electron chi connectivity index (χ1n) is 10.9. The fourth-order valence-electron chi connectivity index (χ4n) is 4.35. The topological polar surface area (TPSA) is 56.3 Å². The van der Waals surface area contributed by atoms with Crippen molar-refractivity contribution in [3.8, 4) is 0 Å². The SMILES string of the molecule is CC(C)NC(=S)Nc1nc(N2CCCCCC2)cc(N2C[C@H](C)C[C@H](C)C2)n1. The maximum absolute atomic E-state index is 5.44. The van der Waals surface area contributed by atoms with Crippen LogP contribution in [0.4, 0.5) is 17.6 Å². The Morgan fingerprint density at radius 1 is 1.00 bits per heavy atom. The first-order valence-corrected chi connectivity index (χ1v) is 11.3. The molecule has 6 nitrogen and oxygen atoms in total. The highest BCUT2D eigenvalue weighted by atomic mass is 32.1. The minimum Gasteiger partial charge on any atom is -0.360 e. The third-order valence-corrected chi connectivity index (χ3v) is 5.69. The van der Waals surface area contributed by atoms with Crippen molar-refractivity contribution in [2.75, 3.05) is 41.3 Å². The van der Waals surface area contributed by atoms with Gasteiger partial charge in [-0.25, -0.2) is 0 Å². The average molecular weight is 405 g/mol. The minimum absolute atomic E-state index is 0.275. The van der Waals surface area contributed by atoms with Gasteiger partial charge in [-0.05, 0) is 57.2 Å². The van der Waals surface area contributed by atoms with Crippen molar-refractivity contribution in [3.05, 3.63) is 6.07 Å². The van der Waals surface area contributed by atoms with Gasteiger partial charge in [0.1, 0.15) is 11.6 Å². The monoisotopic (exact) mass is 404 g/mol. The van der Waals surface area contributed by atoms with Gasteiger partial charge in [0.05, 0.1) is 0 Å². The van der Waals surface area contributed by atoms with Crippen LogP contribution in [-0.2, 0) is 0 Å². The molecule has 2 N–H and O–H groups in total. The van der Waals surface area contributed by atoms with Crippen LogP contribution in [0.25, 0.3) is 0 Å². The third-order valence-electron chi connectivity index (χ3n) is 5.47. The molecule has 1 aromatic heterocycles. The smallest absolute Gasteiger partial charge is 0.232 e. The molecule has 7 heteroatoms. The summed E-state index contributed by atoms with van der Waals surface area (Å²) in [6, 6.07) is 2.46. The van der Waals surface area contributed by atoms with E-state index in [1.807, 2.05) is 0 Å². The first kappa shape index (κ1) is 21.1. The van der Waals surface area contributed by atoms with Crippen molar-refractivity contribution in [2.24, 2.45) is 11.8 Å². The van der Waals surface area contributed by atoms with E-state index >= 15 is 0 Å². The predicted octanol–water partition coefficient (Wildman–Crippen LogP) is 4.03. The summed E-state index contributed by atoms with van der Waals surface area (Å²) in [5.74, 6) is 4.00. The number of hydrogen-bond donors (Lipinski definition) is 2. The van der Waals surface area contributed by atoms with Gasteiger partial charge in [0.25, 0.3) is 0 Å². The average Bonchev–Trinajstić information content (AvgIpc) is 2.89. The molecule has 2 fully saturated rings. The van der Waals surface area contributed by atoms with E-state index in [0.29, 0.717) is 22.9 Å². The lowest BCUT2D eigenvalue weighted by Gasteiger charge is -2.36. The molecule has 3 rings (SSSR count). The molecule has 0 spiro atoms. The molecule has 0 bridgehead atoms. The van der Waals surface area contributed by atoms with Gasteiger partial charge in [0.15, 0.2) is 5.11 Å². The lowest BCUT2D eigenvalue weighted by atomic mass is 9.92. The lowest BCUT2D eigenvalue weighted by molar-refractivity contribution is 0.355. The summed E-state index contributed by atoms with van der Waals surface area (Å²) in [5.41, 5.74) is 0. The summed E-state index contributed by atoms with van der Waals surface area (Å²) in [7, 11) is 0. The van der Waals surface area contributed by atoms with Crippen molar-refractivity contribution >= 4 is 34.9 Å². The number of rotatable bonds is 4. The van der Waals surface area contributed by atoms with Gasteiger partial charge in [0, 0.05) is 38.3 Å². The highest BCUT2D eigenvalue weighted by molar-refractivity contribution is 7.80. The van der Waals surface area contributed by atoms with Gasteiger partial charge in [-0.3, -0.25) is 0 Å². The summed E-state index contributed by atoms with van der Waals surface area (Å²) in [4.78, 5) is 14.5. The van der Waals surface area contributed by atoms with Crippen LogP contribution in [-0.4, -0.2) is 47.3 Å². The number of aromatic nitrogens is 2. The molecular formula is C21H36N6S. The molecule has 0 aliphatic carbocycles. The van der Waals surface area contributed by atoms with E-state index in [1.165, 1.54) is 32.1 Å². The van der Waals surface area contributed by atoms with Gasteiger partial charge in [-0.1, -0.05) is 26.7 Å². The number of anilines is 3. The summed E-state index contributed by atoms with van der Waals surface area (Å²) in [6.07, 6.45) is 6.36. The first-order chi connectivity index (χ1) is 13.4. The van der Waals surface area contributed by atoms with Gasteiger partial charge in [-0.2, -0.15) is 9.97 Å². The fraction of sp³-hybridized carbons (Fsp3) is 0.762. The largest absolute Gasteiger partial charge is 0.360 e. The number of nitrogens with zero attached hydrogens (tertiary/aromatic N) is 4. The molecule has 156 valence electrons. The van der Waals surface area contributed by atoms with Crippen LogP contribution in [0.2, 0.25) is 0 Å². The van der Waals surface area contributed by atoms with Crippen molar-refractivity contribution in [3.63, 3.8) is 0 Å². The van der Waals surface area contributed by atoms with Crippen molar-refractivity contribution in [1.82, 2.24) is 15.3 Å². The van der Waals surface area contributed by atoms with Gasteiger partial charge in [-0.15, -0.1) is 0 Å². The van der Waals surface area contributed by atoms with Crippen molar-refractivity contribution in [2.45, 2.75) is 65.8 Å². The normalized spacial score (nSPS) is 23.5. The zero-order chi connectivity index (χ0) is 20.1. The molecule has 3 heterocycles. The summed E-state index contributed by atoms with van der Waals surface area (Å²) < 4.78 is 0. The van der Waals surface area contributed by atoms with Crippen LogP contribution in [0.1, 0.15) is 59.8 Å². The quantitative estimate of drug-likeness (QED) is 0.735. The van der Waals surface area contributed by atoms with Crippen molar-refractivity contribution in [1.29, 1.82) is 0 Å². The molecule has 0 amide bonds. The maximum atomic E-state index is 5.44.